The summed E-state index contributed by atoms with van der Waals surface area (Å²) in [6.07, 6.45) is 8.68. The Morgan fingerprint density at radius 1 is 1.23 bits per heavy atom. The van der Waals surface area contributed by atoms with Gasteiger partial charge in [-0.05, 0) is 45.1 Å². The van der Waals surface area contributed by atoms with E-state index < -0.39 is 0 Å². The van der Waals surface area contributed by atoms with Gasteiger partial charge in [-0.3, -0.25) is 0 Å². The fourth-order valence-corrected chi connectivity index (χ4v) is 3.77. The first-order chi connectivity index (χ1) is 6.31. The summed E-state index contributed by atoms with van der Waals surface area (Å²) in [5.74, 6) is 1.01. The lowest BCUT2D eigenvalue weighted by molar-refractivity contribution is 0.0359. The third kappa shape index (κ3) is 2.10. The minimum Gasteiger partial charge on any atom is -0.300 e. The molecule has 1 nitrogen and oxygen atoms in total. The highest BCUT2D eigenvalue weighted by molar-refractivity contribution is 9.09. The van der Waals surface area contributed by atoms with Gasteiger partial charge in [0.05, 0.1) is 0 Å². The molecule has 0 N–H and O–H groups in total. The Bertz CT molecular complexity index is 157. The van der Waals surface area contributed by atoms with Crippen molar-refractivity contribution in [1.82, 2.24) is 4.90 Å². The van der Waals surface area contributed by atoms with Crippen molar-refractivity contribution in [2.75, 3.05) is 12.4 Å². The van der Waals surface area contributed by atoms with Crippen molar-refractivity contribution < 1.29 is 0 Å². The zero-order valence-corrected chi connectivity index (χ0v) is 10.1. The Hall–Kier alpha value is 0.440. The van der Waals surface area contributed by atoms with E-state index in [0.29, 0.717) is 0 Å². The van der Waals surface area contributed by atoms with Crippen LogP contribution in [0.2, 0.25) is 0 Å². The van der Waals surface area contributed by atoms with E-state index in [1.165, 1.54) is 43.9 Å². The van der Waals surface area contributed by atoms with Crippen LogP contribution in [0.4, 0.5) is 0 Å². The second-order valence-corrected chi connectivity index (χ2v) is 5.51. The third-order valence-corrected chi connectivity index (χ3v) is 4.41. The molecule has 0 aromatic heterocycles. The van der Waals surface area contributed by atoms with Crippen LogP contribution >= 0.6 is 15.9 Å². The van der Waals surface area contributed by atoms with Gasteiger partial charge in [0.15, 0.2) is 0 Å². The average Bonchev–Trinajstić information content (AvgIpc) is 2.07. The highest BCUT2D eigenvalue weighted by Gasteiger charge is 2.35. The molecule has 2 heteroatoms. The minimum absolute atomic E-state index is 0.913. The second kappa shape index (κ2) is 4.31. The van der Waals surface area contributed by atoms with E-state index in [-0.39, 0.29) is 0 Å². The summed E-state index contributed by atoms with van der Waals surface area (Å²) in [7, 11) is 2.33. The van der Waals surface area contributed by atoms with Gasteiger partial charge in [0.1, 0.15) is 0 Å². The molecule has 2 bridgehead atoms. The molecule has 0 aromatic carbocycles. The molecule has 2 saturated heterocycles. The maximum atomic E-state index is 3.57. The molecule has 2 rings (SSSR count). The van der Waals surface area contributed by atoms with Gasteiger partial charge in [-0.25, -0.2) is 0 Å². The molecule has 0 aliphatic carbocycles. The molecule has 0 spiro atoms. The molecule has 2 fully saturated rings. The van der Waals surface area contributed by atoms with Crippen molar-refractivity contribution in [2.45, 2.75) is 50.6 Å². The van der Waals surface area contributed by atoms with Crippen molar-refractivity contribution in [2.24, 2.45) is 5.92 Å². The second-order valence-electron chi connectivity index (χ2n) is 4.72. The quantitative estimate of drug-likeness (QED) is 0.677. The van der Waals surface area contributed by atoms with E-state index in [1.807, 2.05) is 0 Å². The average molecular weight is 246 g/mol. The van der Waals surface area contributed by atoms with Crippen molar-refractivity contribution in [3.63, 3.8) is 0 Å². The van der Waals surface area contributed by atoms with Gasteiger partial charge >= 0.3 is 0 Å². The summed E-state index contributed by atoms with van der Waals surface area (Å²) in [6.45, 7) is 0. The van der Waals surface area contributed by atoms with Crippen molar-refractivity contribution >= 4 is 15.9 Å². The summed E-state index contributed by atoms with van der Waals surface area (Å²) in [4.78, 5) is 2.65. The highest BCUT2D eigenvalue weighted by Crippen LogP contribution is 2.37. The van der Waals surface area contributed by atoms with E-state index in [4.69, 9.17) is 0 Å². The molecule has 76 valence electrons. The van der Waals surface area contributed by atoms with Gasteiger partial charge in [0.25, 0.3) is 0 Å². The topological polar surface area (TPSA) is 3.24 Å². The summed E-state index contributed by atoms with van der Waals surface area (Å²) >= 11 is 3.57. The molecule has 0 aromatic rings. The smallest absolute Gasteiger partial charge is 0.00978 e. The number of rotatable bonds is 2. The van der Waals surface area contributed by atoms with Crippen LogP contribution in [-0.2, 0) is 0 Å². The Morgan fingerprint density at radius 3 is 2.38 bits per heavy atom. The zero-order valence-electron chi connectivity index (χ0n) is 8.51. The number of nitrogens with zero attached hydrogens (tertiary/aromatic N) is 1. The Kier molecular flexibility index (Phi) is 3.31. The van der Waals surface area contributed by atoms with Gasteiger partial charge < -0.3 is 4.90 Å². The van der Waals surface area contributed by atoms with Crippen LogP contribution in [-0.4, -0.2) is 29.4 Å². The molecule has 2 unspecified atom stereocenters. The fourth-order valence-electron chi connectivity index (χ4n) is 3.12. The predicted molar refractivity (Wildman–Crippen MR) is 60.3 cm³/mol. The first-order valence-electron chi connectivity index (χ1n) is 5.59. The first kappa shape index (κ1) is 9.97. The molecule has 13 heavy (non-hydrogen) atoms. The number of fused-ring (bicyclic) bond motifs is 2. The van der Waals surface area contributed by atoms with Gasteiger partial charge in [0.2, 0.25) is 0 Å². The van der Waals surface area contributed by atoms with E-state index in [1.54, 1.807) is 0 Å². The van der Waals surface area contributed by atoms with E-state index in [9.17, 15) is 0 Å². The highest BCUT2D eigenvalue weighted by atomic mass is 79.9. The molecular formula is C11H20BrN. The summed E-state index contributed by atoms with van der Waals surface area (Å²) < 4.78 is 0. The number of halogens is 1. The van der Waals surface area contributed by atoms with Crippen molar-refractivity contribution in [1.29, 1.82) is 0 Å². The first-order valence-corrected chi connectivity index (χ1v) is 6.71. The molecule has 2 aliphatic heterocycles. The molecule has 2 atom stereocenters. The standard InChI is InChI=1S/C11H20BrN/c1-13-10-3-2-4-11(13)8-9(7-10)5-6-12/h9-11H,2-8H2,1H3. The lowest BCUT2D eigenvalue weighted by atomic mass is 9.78. The van der Waals surface area contributed by atoms with E-state index in [2.05, 4.69) is 27.9 Å². The van der Waals surface area contributed by atoms with Gasteiger partial charge in [0, 0.05) is 17.4 Å². The van der Waals surface area contributed by atoms with Gasteiger partial charge in [-0.2, -0.15) is 0 Å². The maximum Gasteiger partial charge on any atom is 0.00978 e. The monoisotopic (exact) mass is 245 g/mol. The van der Waals surface area contributed by atoms with E-state index in [0.717, 1.165) is 18.0 Å². The van der Waals surface area contributed by atoms with Crippen LogP contribution < -0.4 is 0 Å². The van der Waals surface area contributed by atoms with Crippen LogP contribution in [0.3, 0.4) is 0 Å². The van der Waals surface area contributed by atoms with E-state index >= 15 is 0 Å². The minimum atomic E-state index is 0.913. The maximum absolute atomic E-state index is 3.57. The Morgan fingerprint density at radius 2 is 1.85 bits per heavy atom. The van der Waals surface area contributed by atoms with Crippen molar-refractivity contribution in [3.05, 3.63) is 0 Å². The summed E-state index contributed by atoms with van der Waals surface area (Å²) in [5, 5.41) is 1.20. The number of hydrogen-bond acceptors (Lipinski definition) is 1. The van der Waals surface area contributed by atoms with Gasteiger partial charge in [-0.1, -0.05) is 22.4 Å². The Balaban J connectivity index is 1.95. The van der Waals surface area contributed by atoms with Crippen molar-refractivity contribution in [3.8, 4) is 0 Å². The normalized spacial score (nSPS) is 40.6. The molecule has 0 saturated carbocycles. The molecule has 2 heterocycles. The lowest BCUT2D eigenvalue weighted by Gasteiger charge is -2.47. The largest absolute Gasteiger partial charge is 0.300 e. The summed E-state index contributed by atoms with van der Waals surface area (Å²) in [5.41, 5.74) is 0. The van der Waals surface area contributed by atoms with Crippen LogP contribution in [0.5, 0.6) is 0 Å². The summed E-state index contributed by atoms with van der Waals surface area (Å²) in [6, 6.07) is 1.83. The Labute approximate surface area is 90.0 Å². The van der Waals surface area contributed by atoms with Crippen LogP contribution in [0, 0.1) is 5.92 Å². The third-order valence-electron chi connectivity index (χ3n) is 3.95. The number of alkyl halides is 1. The fraction of sp³-hybridized carbons (Fsp3) is 1.00. The SMILES string of the molecule is CN1C2CCCC1CC(CCBr)C2. The molecule has 2 aliphatic rings. The number of piperidine rings is 2. The molecule has 0 radical (unpaired) electrons. The molecular weight excluding hydrogens is 226 g/mol. The number of hydrogen-bond donors (Lipinski definition) is 0. The van der Waals surface area contributed by atoms with Crippen LogP contribution in [0.1, 0.15) is 38.5 Å². The lowest BCUT2D eigenvalue weighted by Crippen LogP contribution is -2.49. The predicted octanol–water partition coefficient (Wildman–Crippen LogP) is 3.03. The van der Waals surface area contributed by atoms with Crippen LogP contribution in [0.25, 0.3) is 0 Å². The molecule has 0 amide bonds. The zero-order chi connectivity index (χ0) is 9.26. The van der Waals surface area contributed by atoms with Crippen LogP contribution in [0.15, 0.2) is 0 Å². The van der Waals surface area contributed by atoms with Gasteiger partial charge in [-0.15, -0.1) is 0 Å².